The molecule has 28 heavy (non-hydrogen) atoms. The molecule has 0 saturated carbocycles. The summed E-state index contributed by atoms with van der Waals surface area (Å²) in [5, 5.41) is 0. The third-order valence-corrected chi connectivity index (χ3v) is 4.57. The van der Waals surface area contributed by atoms with Gasteiger partial charge in [-0.2, -0.15) is 0 Å². The normalized spacial score (nSPS) is 12.3. The Morgan fingerprint density at radius 3 is 1.96 bits per heavy atom. The van der Waals surface area contributed by atoms with Crippen LogP contribution in [0.2, 0.25) is 0 Å². The van der Waals surface area contributed by atoms with E-state index in [1.54, 1.807) is 6.07 Å². The van der Waals surface area contributed by atoms with E-state index in [-0.39, 0.29) is 0 Å². The lowest BCUT2D eigenvalue weighted by Gasteiger charge is -1.94. The van der Waals surface area contributed by atoms with Crippen molar-refractivity contribution in [3.8, 4) is 0 Å². The van der Waals surface area contributed by atoms with E-state index in [1.165, 1.54) is 7.11 Å². The standard InChI is InChI=1S/C22H16N4O2/c1-28-22(27)20-11-19-10-17-5-4-15(24-17)8-13-2-3-14(23-13)9-16-6-7-18(25-16)12-21(20)26-19/h2-12,25-26H,1H3. The number of aromatic nitrogens is 4. The molecule has 0 aromatic carbocycles. The third-order valence-electron chi connectivity index (χ3n) is 4.57. The van der Waals surface area contributed by atoms with Crippen molar-refractivity contribution >= 4 is 52.3 Å². The summed E-state index contributed by atoms with van der Waals surface area (Å²) in [6.07, 6.45) is 7.81. The number of esters is 1. The second-order valence-electron chi connectivity index (χ2n) is 6.58. The number of H-pyrrole nitrogens is 2. The molecule has 0 amide bonds. The van der Waals surface area contributed by atoms with Crippen molar-refractivity contribution in [2.75, 3.05) is 7.11 Å². The number of fused-ring (bicyclic) bond motifs is 8. The lowest BCUT2D eigenvalue weighted by atomic mass is 10.2. The zero-order valence-corrected chi connectivity index (χ0v) is 15.1. The second-order valence-corrected chi connectivity index (χ2v) is 6.58. The van der Waals surface area contributed by atoms with Crippen LogP contribution in [-0.4, -0.2) is 33.0 Å². The van der Waals surface area contributed by atoms with E-state index >= 15 is 0 Å². The van der Waals surface area contributed by atoms with Crippen LogP contribution < -0.4 is 0 Å². The highest BCUT2D eigenvalue weighted by Gasteiger charge is 2.11. The molecule has 3 aromatic rings. The Bertz CT molecular complexity index is 1330. The molecule has 5 heterocycles. The van der Waals surface area contributed by atoms with Crippen LogP contribution in [0.1, 0.15) is 33.1 Å². The van der Waals surface area contributed by atoms with Gasteiger partial charge in [-0.3, -0.25) is 0 Å². The van der Waals surface area contributed by atoms with Gasteiger partial charge in [-0.25, -0.2) is 14.8 Å². The van der Waals surface area contributed by atoms with E-state index in [2.05, 4.69) is 19.9 Å². The first-order valence-electron chi connectivity index (χ1n) is 8.83. The number of nitrogens with one attached hydrogen (secondary N) is 2. The summed E-state index contributed by atoms with van der Waals surface area (Å²) in [6, 6.07) is 13.4. The van der Waals surface area contributed by atoms with Crippen molar-refractivity contribution in [1.82, 2.24) is 19.9 Å². The largest absolute Gasteiger partial charge is 0.465 e. The fraction of sp³-hybridized carbons (Fsp3) is 0.0455. The summed E-state index contributed by atoms with van der Waals surface area (Å²) in [6.45, 7) is 0. The van der Waals surface area contributed by atoms with Gasteiger partial charge in [-0.15, -0.1) is 0 Å². The molecule has 2 aliphatic heterocycles. The molecule has 8 bridgehead atoms. The van der Waals surface area contributed by atoms with Crippen molar-refractivity contribution in [2.45, 2.75) is 0 Å². The summed E-state index contributed by atoms with van der Waals surface area (Å²) in [5.74, 6) is -0.393. The van der Waals surface area contributed by atoms with Crippen molar-refractivity contribution in [3.05, 3.63) is 70.8 Å². The van der Waals surface area contributed by atoms with Gasteiger partial charge in [0.15, 0.2) is 0 Å². The Morgan fingerprint density at radius 1 is 0.750 bits per heavy atom. The topological polar surface area (TPSA) is 83.7 Å². The van der Waals surface area contributed by atoms with Gasteiger partial charge in [0, 0.05) is 16.6 Å². The monoisotopic (exact) mass is 368 g/mol. The summed E-state index contributed by atoms with van der Waals surface area (Å²) in [7, 11) is 1.38. The first-order chi connectivity index (χ1) is 13.7. The third kappa shape index (κ3) is 3.01. The number of carbonyl (C=O) groups is 1. The van der Waals surface area contributed by atoms with Gasteiger partial charge in [0.25, 0.3) is 0 Å². The molecule has 5 rings (SSSR count). The van der Waals surface area contributed by atoms with Crippen LogP contribution in [0.4, 0.5) is 0 Å². The van der Waals surface area contributed by atoms with Crippen LogP contribution in [0.25, 0.3) is 46.4 Å². The average Bonchev–Trinajstić information content (AvgIpc) is 3.45. The van der Waals surface area contributed by atoms with Gasteiger partial charge < -0.3 is 14.7 Å². The van der Waals surface area contributed by atoms with Crippen molar-refractivity contribution in [1.29, 1.82) is 0 Å². The molecule has 0 fully saturated rings. The van der Waals surface area contributed by atoms with Crippen LogP contribution in [-0.2, 0) is 4.74 Å². The summed E-state index contributed by atoms with van der Waals surface area (Å²) in [4.78, 5) is 28.0. The molecule has 0 aliphatic carbocycles. The van der Waals surface area contributed by atoms with Crippen LogP contribution >= 0.6 is 0 Å². The van der Waals surface area contributed by atoms with Gasteiger partial charge in [-0.1, -0.05) is 0 Å². The van der Waals surface area contributed by atoms with Crippen LogP contribution in [0.15, 0.2) is 42.5 Å². The van der Waals surface area contributed by atoms with Gasteiger partial charge in [0.2, 0.25) is 0 Å². The molecule has 136 valence electrons. The van der Waals surface area contributed by atoms with Gasteiger partial charge in [0.05, 0.1) is 41.0 Å². The maximum Gasteiger partial charge on any atom is 0.340 e. The average molecular weight is 368 g/mol. The highest BCUT2D eigenvalue weighted by molar-refractivity contribution is 5.99. The molecule has 2 N–H and O–H groups in total. The molecule has 0 unspecified atom stereocenters. The van der Waals surface area contributed by atoms with Gasteiger partial charge in [0.1, 0.15) is 0 Å². The fourth-order valence-corrected chi connectivity index (χ4v) is 3.30. The Labute approximate surface area is 160 Å². The number of carbonyl (C=O) groups excluding carboxylic acids is 1. The maximum atomic E-state index is 12.2. The molecule has 0 radical (unpaired) electrons. The van der Waals surface area contributed by atoms with Crippen LogP contribution in [0.5, 0.6) is 0 Å². The van der Waals surface area contributed by atoms with Crippen molar-refractivity contribution in [2.24, 2.45) is 0 Å². The molecule has 6 heteroatoms. The SMILES string of the molecule is COC(=O)c1cc2cc3nc(cc4nc(cc5ccc(cc1[nH]2)[nH]5)C=C4)C=C3. The zero-order valence-electron chi connectivity index (χ0n) is 15.1. The highest BCUT2D eigenvalue weighted by Crippen LogP contribution is 2.19. The summed E-state index contributed by atoms with van der Waals surface area (Å²) < 4.78 is 4.93. The molecule has 6 nitrogen and oxygen atoms in total. The molecule has 2 aliphatic rings. The zero-order chi connectivity index (χ0) is 19.1. The van der Waals surface area contributed by atoms with Crippen LogP contribution in [0, 0.1) is 0 Å². The number of nitrogens with zero attached hydrogens (tertiary/aromatic N) is 2. The van der Waals surface area contributed by atoms with E-state index in [4.69, 9.17) is 4.74 Å². The van der Waals surface area contributed by atoms with Gasteiger partial charge in [-0.05, 0) is 66.8 Å². The number of hydrogen-bond donors (Lipinski definition) is 2. The van der Waals surface area contributed by atoms with Crippen molar-refractivity contribution < 1.29 is 9.53 Å². The Balaban J connectivity index is 1.85. The van der Waals surface area contributed by atoms with Crippen LogP contribution in [0.3, 0.4) is 0 Å². The molecule has 0 spiro atoms. The number of rotatable bonds is 1. The second kappa shape index (κ2) is 6.35. The smallest absolute Gasteiger partial charge is 0.340 e. The molecular formula is C22H16N4O2. The first kappa shape index (κ1) is 16.3. The number of hydrogen-bond acceptors (Lipinski definition) is 4. The predicted octanol–water partition coefficient (Wildman–Crippen LogP) is 4.44. The lowest BCUT2D eigenvalue weighted by Crippen LogP contribution is -1.99. The number of methoxy groups -OCH3 is 1. The Kier molecular flexibility index (Phi) is 3.69. The van der Waals surface area contributed by atoms with Crippen molar-refractivity contribution in [3.63, 3.8) is 0 Å². The summed E-state index contributed by atoms with van der Waals surface area (Å²) >= 11 is 0. The predicted molar refractivity (Wildman–Crippen MR) is 110 cm³/mol. The Morgan fingerprint density at radius 2 is 1.32 bits per heavy atom. The summed E-state index contributed by atoms with van der Waals surface area (Å²) in [5.41, 5.74) is 7.05. The van der Waals surface area contributed by atoms with E-state index in [1.807, 2.05) is 60.7 Å². The van der Waals surface area contributed by atoms with E-state index in [0.29, 0.717) is 11.1 Å². The van der Waals surface area contributed by atoms with E-state index in [9.17, 15) is 4.79 Å². The molecule has 0 saturated heterocycles. The van der Waals surface area contributed by atoms with E-state index < -0.39 is 5.97 Å². The number of ether oxygens (including phenoxy) is 1. The van der Waals surface area contributed by atoms with E-state index in [0.717, 1.165) is 39.3 Å². The molecular weight excluding hydrogens is 352 g/mol. The molecule has 3 aromatic heterocycles. The molecule has 0 atom stereocenters. The van der Waals surface area contributed by atoms with Gasteiger partial charge >= 0.3 is 5.97 Å². The fourth-order valence-electron chi connectivity index (χ4n) is 3.30. The quantitative estimate of drug-likeness (QED) is 0.428. The minimum absolute atomic E-state index is 0.393. The first-order valence-corrected chi connectivity index (χ1v) is 8.83. The highest BCUT2D eigenvalue weighted by atomic mass is 16.5. The maximum absolute atomic E-state index is 12.2. The lowest BCUT2D eigenvalue weighted by molar-refractivity contribution is 0.0603. The Hall–Kier alpha value is -3.93. The minimum atomic E-state index is -0.393. The number of aromatic amines is 2. The minimum Gasteiger partial charge on any atom is -0.465 e.